The van der Waals surface area contributed by atoms with Crippen LogP contribution in [-0.2, 0) is 11.3 Å². The van der Waals surface area contributed by atoms with Gasteiger partial charge in [0.15, 0.2) is 0 Å². The highest BCUT2D eigenvalue weighted by atomic mass is 35.5. The van der Waals surface area contributed by atoms with Crippen LogP contribution in [-0.4, -0.2) is 26.0 Å². The van der Waals surface area contributed by atoms with E-state index in [0.717, 1.165) is 5.56 Å². The molecule has 25 heavy (non-hydrogen) atoms. The van der Waals surface area contributed by atoms with Gasteiger partial charge in [0.05, 0.1) is 12.1 Å². The minimum Gasteiger partial charge on any atom is -0.495 e. The number of hydrogen-bond donors (Lipinski definition) is 1. The van der Waals surface area contributed by atoms with Crippen LogP contribution in [0.4, 0.5) is 5.69 Å². The number of ether oxygens (including phenoxy) is 1. The molecule has 0 aliphatic heterocycles. The lowest BCUT2D eigenvalue weighted by atomic mass is 10.1. The number of rotatable bonds is 6. The Hall–Kier alpha value is -2.79. The van der Waals surface area contributed by atoms with Gasteiger partial charge in [0.2, 0.25) is 5.91 Å². The van der Waals surface area contributed by atoms with Crippen LogP contribution in [0.2, 0.25) is 5.02 Å². The zero-order chi connectivity index (χ0) is 18.4. The molecule has 0 aliphatic rings. The number of nitrogens with zero attached hydrogens (tertiary/aromatic N) is 1. The lowest BCUT2D eigenvalue weighted by molar-refractivity contribution is -0.113. The monoisotopic (exact) mass is 358 g/mol. The largest absolute Gasteiger partial charge is 0.495 e. The van der Waals surface area contributed by atoms with Crippen molar-refractivity contribution >= 4 is 29.1 Å². The van der Waals surface area contributed by atoms with E-state index in [1.807, 2.05) is 6.07 Å². The van der Waals surface area contributed by atoms with E-state index in [0.29, 0.717) is 28.6 Å². The maximum Gasteiger partial charge on any atom is 0.251 e. The van der Waals surface area contributed by atoms with Crippen LogP contribution in [0.3, 0.4) is 0 Å². The fourth-order valence-electron chi connectivity index (χ4n) is 2.30. The summed E-state index contributed by atoms with van der Waals surface area (Å²) in [5.74, 6) is 0.0981. The van der Waals surface area contributed by atoms with Gasteiger partial charge >= 0.3 is 0 Å². The molecule has 2 aromatic rings. The van der Waals surface area contributed by atoms with E-state index in [-0.39, 0.29) is 11.8 Å². The van der Waals surface area contributed by atoms with Crippen LogP contribution in [0.1, 0.15) is 15.9 Å². The Morgan fingerprint density at radius 2 is 1.92 bits per heavy atom. The fraction of sp³-hybridized carbons (Fsp3) is 0.158. The second kappa shape index (κ2) is 8.35. The highest BCUT2D eigenvalue weighted by Gasteiger charge is 2.11. The lowest BCUT2D eigenvalue weighted by Crippen LogP contribution is -2.25. The number of halogens is 1. The summed E-state index contributed by atoms with van der Waals surface area (Å²) in [5, 5.41) is 3.32. The minimum absolute atomic E-state index is 0.217. The molecule has 0 heterocycles. The summed E-state index contributed by atoms with van der Waals surface area (Å²) in [7, 11) is 3.18. The molecule has 0 aromatic heterocycles. The molecule has 0 spiro atoms. The van der Waals surface area contributed by atoms with Gasteiger partial charge in [-0.15, -0.1) is 0 Å². The highest BCUT2D eigenvalue weighted by Crippen LogP contribution is 2.28. The summed E-state index contributed by atoms with van der Waals surface area (Å²) in [6, 6.07) is 12.1. The number of hydrogen-bond acceptors (Lipinski definition) is 3. The summed E-state index contributed by atoms with van der Waals surface area (Å²) in [4.78, 5) is 25.3. The molecular weight excluding hydrogens is 340 g/mol. The average molecular weight is 359 g/mol. The van der Waals surface area contributed by atoms with E-state index in [2.05, 4.69) is 11.9 Å². The molecule has 2 aromatic carbocycles. The molecule has 0 bridgehead atoms. The van der Waals surface area contributed by atoms with Crippen molar-refractivity contribution in [2.45, 2.75) is 6.54 Å². The minimum atomic E-state index is -0.230. The van der Waals surface area contributed by atoms with Crippen molar-refractivity contribution in [3.05, 3.63) is 71.3 Å². The molecule has 0 fully saturated rings. The Labute approximate surface area is 151 Å². The predicted molar refractivity (Wildman–Crippen MR) is 99.2 cm³/mol. The Morgan fingerprint density at radius 3 is 2.52 bits per heavy atom. The fourth-order valence-corrected chi connectivity index (χ4v) is 2.57. The van der Waals surface area contributed by atoms with Gasteiger partial charge in [0.1, 0.15) is 5.75 Å². The van der Waals surface area contributed by atoms with Gasteiger partial charge in [-0.3, -0.25) is 9.59 Å². The molecule has 2 amide bonds. The van der Waals surface area contributed by atoms with E-state index in [1.165, 1.54) is 18.1 Å². The first kappa shape index (κ1) is 18.5. The molecule has 130 valence electrons. The quantitative estimate of drug-likeness (QED) is 0.805. The highest BCUT2D eigenvalue weighted by molar-refractivity contribution is 6.32. The maximum absolute atomic E-state index is 12.3. The van der Waals surface area contributed by atoms with Gasteiger partial charge in [-0.05, 0) is 36.4 Å². The third-order valence-corrected chi connectivity index (χ3v) is 4.01. The van der Waals surface area contributed by atoms with Crippen molar-refractivity contribution in [1.82, 2.24) is 5.32 Å². The number of amides is 2. The number of benzene rings is 2. The van der Waals surface area contributed by atoms with Crippen molar-refractivity contribution < 1.29 is 14.3 Å². The van der Waals surface area contributed by atoms with Crippen molar-refractivity contribution in [2.75, 3.05) is 19.1 Å². The molecule has 2 rings (SSSR count). The van der Waals surface area contributed by atoms with Crippen LogP contribution in [0, 0.1) is 0 Å². The number of nitrogens with one attached hydrogen (secondary N) is 1. The number of para-hydroxylation sites is 1. The van der Waals surface area contributed by atoms with Crippen LogP contribution in [0.25, 0.3) is 0 Å². The summed E-state index contributed by atoms with van der Waals surface area (Å²) < 4.78 is 5.26. The van der Waals surface area contributed by atoms with Gasteiger partial charge in [0, 0.05) is 30.4 Å². The molecular formula is C19H19ClN2O3. The molecule has 5 nitrogen and oxygen atoms in total. The molecule has 0 atom stereocenters. The zero-order valence-electron chi connectivity index (χ0n) is 14.1. The van der Waals surface area contributed by atoms with Gasteiger partial charge in [-0.25, -0.2) is 0 Å². The Kier molecular flexibility index (Phi) is 6.19. The van der Waals surface area contributed by atoms with Crippen LogP contribution < -0.4 is 15.0 Å². The molecule has 0 unspecified atom stereocenters. The number of methoxy groups -OCH3 is 1. The van der Waals surface area contributed by atoms with Gasteiger partial charge in [-0.1, -0.05) is 30.3 Å². The van der Waals surface area contributed by atoms with E-state index >= 15 is 0 Å². The van der Waals surface area contributed by atoms with Crippen molar-refractivity contribution in [2.24, 2.45) is 0 Å². The molecule has 0 radical (unpaired) electrons. The van der Waals surface area contributed by atoms with Crippen LogP contribution in [0.5, 0.6) is 5.75 Å². The Morgan fingerprint density at radius 1 is 1.24 bits per heavy atom. The smallest absolute Gasteiger partial charge is 0.251 e. The van der Waals surface area contributed by atoms with E-state index in [4.69, 9.17) is 16.3 Å². The van der Waals surface area contributed by atoms with Crippen molar-refractivity contribution in [3.63, 3.8) is 0 Å². The van der Waals surface area contributed by atoms with Crippen LogP contribution in [0.15, 0.2) is 55.1 Å². The second-order valence-electron chi connectivity index (χ2n) is 5.26. The molecule has 1 N–H and O–H groups in total. The number of carbonyl (C=O) groups excluding carboxylic acids is 2. The third-order valence-electron chi connectivity index (χ3n) is 3.71. The van der Waals surface area contributed by atoms with Gasteiger partial charge < -0.3 is 15.0 Å². The first-order valence-electron chi connectivity index (χ1n) is 7.57. The van der Waals surface area contributed by atoms with Crippen molar-refractivity contribution in [1.29, 1.82) is 0 Å². The summed E-state index contributed by atoms with van der Waals surface area (Å²) >= 11 is 6.07. The van der Waals surface area contributed by atoms with E-state index in [1.54, 1.807) is 43.4 Å². The first-order chi connectivity index (χ1) is 12.0. The second-order valence-corrected chi connectivity index (χ2v) is 5.67. The van der Waals surface area contributed by atoms with Gasteiger partial charge in [-0.2, -0.15) is 0 Å². The van der Waals surface area contributed by atoms with E-state index < -0.39 is 0 Å². The summed E-state index contributed by atoms with van der Waals surface area (Å²) in [6.45, 7) is 3.74. The SMILES string of the molecule is C=CC(=O)N(C)c1ccc(C(=O)NCc2cccc(Cl)c2OC)cc1. The molecule has 0 aliphatic carbocycles. The Bertz CT molecular complexity index is 788. The van der Waals surface area contributed by atoms with E-state index in [9.17, 15) is 9.59 Å². The van der Waals surface area contributed by atoms with Gasteiger partial charge in [0.25, 0.3) is 5.91 Å². The topological polar surface area (TPSA) is 58.6 Å². The zero-order valence-corrected chi connectivity index (χ0v) is 14.8. The first-order valence-corrected chi connectivity index (χ1v) is 7.95. The summed E-state index contributed by atoms with van der Waals surface area (Å²) in [5.41, 5.74) is 1.96. The molecule has 0 saturated heterocycles. The Balaban J connectivity index is 2.06. The maximum atomic E-state index is 12.3. The van der Waals surface area contributed by atoms with Crippen molar-refractivity contribution in [3.8, 4) is 5.75 Å². The number of anilines is 1. The summed E-state index contributed by atoms with van der Waals surface area (Å²) in [6.07, 6.45) is 1.24. The third kappa shape index (κ3) is 4.39. The molecule has 0 saturated carbocycles. The number of carbonyl (C=O) groups is 2. The number of likely N-dealkylation sites (N-methyl/N-ethyl adjacent to an activating group) is 1. The lowest BCUT2D eigenvalue weighted by Gasteiger charge is -2.15. The standard InChI is InChI=1S/C19H19ClN2O3/c1-4-17(23)22(2)15-10-8-13(9-11-15)19(24)21-12-14-6-5-7-16(20)18(14)25-3/h4-11H,1,12H2,2-3H3,(H,21,24). The normalized spacial score (nSPS) is 10.0. The molecule has 6 heteroatoms. The predicted octanol–water partition coefficient (Wildman–Crippen LogP) is 3.43. The van der Waals surface area contributed by atoms with Crippen LogP contribution >= 0.6 is 11.6 Å². The average Bonchev–Trinajstić information content (AvgIpc) is 2.65.